The SMILES string of the molecule is CC(NC(C)C1CC1)c1cc2ccccc2o1. The molecule has 0 spiro atoms. The summed E-state index contributed by atoms with van der Waals surface area (Å²) < 4.78 is 5.87. The van der Waals surface area contributed by atoms with Crippen LogP contribution < -0.4 is 5.32 Å². The van der Waals surface area contributed by atoms with E-state index in [1.807, 2.05) is 18.2 Å². The van der Waals surface area contributed by atoms with Gasteiger partial charge in [-0.3, -0.25) is 0 Å². The van der Waals surface area contributed by atoms with Gasteiger partial charge in [0.15, 0.2) is 0 Å². The van der Waals surface area contributed by atoms with Crippen LogP contribution in [0.25, 0.3) is 11.0 Å². The Morgan fingerprint density at radius 1 is 1.24 bits per heavy atom. The lowest BCUT2D eigenvalue weighted by molar-refractivity contribution is 0.390. The maximum atomic E-state index is 5.87. The van der Waals surface area contributed by atoms with Gasteiger partial charge in [-0.05, 0) is 44.7 Å². The smallest absolute Gasteiger partial charge is 0.134 e. The van der Waals surface area contributed by atoms with Crippen LogP contribution in [0.3, 0.4) is 0 Å². The average molecular weight is 229 g/mol. The number of hydrogen-bond acceptors (Lipinski definition) is 2. The van der Waals surface area contributed by atoms with Gasteiger partial charge in [0.2, 0.25) is 0 Å². The minimum Gasteiger partial charge on any atom is -0.459 e. The standard InChI is InChI=1S/C15H19NO/c1-10(12-7-8-12)16-11(2)15-9-13-5-3-4-6-14(13)17-15/h3-6,9-12,16H,7-8H2,1-2H3. The minimum absolute atomic E-state index is 0.290. The van der Waals surface area contributed by atoms with Crippen LogP contribution in [0.2, 0.25) is 0 Å². The van der Waals surface area contributed by atoms with Gasteiger partial charge >= 0.3 is 0 Å². The summed E-state index contributed by atoms with van der Waals surface area (Å²) in [5, 5.41) is 4.82. The van der Waals surface area contributed by atoms with Gasteiger partial charge in [0, 0.05) is 11.4 Å². The molecule has 1 heterocycles. The van der Waals surface area contributed by atoms with E-state index in [2.05, 4.69) is 31.3 Å². The molecule has 2 aromatic rings. The fourth-order valence-electron chi connectivity index (χ4n) is 2.42. The van der Waals surface area contributed by atoms with E-state index in [9.17, 15) is 0 Å². The zero-order valence-electron chi connectivity index (χ0n) is 10.4. The van der Waals surface area contributed by atoms with E-state index < -0.39 is 0 Å². The van der Waals surface area contributed by atoms with E-state index >= 15 is 0 Å². The molecule has 0 saturated heterocycles. The molecule has 3 rings (SSSR count). The Labute approximate surface area is 102 Å². The molecule has 0 aliphatic heterocycles. The summed E-state index contributed by atoms with van der Waals surface area (Å²) in [5.74, 6) is 1.92. The summed E-state index contributed by atoms with van der Waals surface area (Å²) in [6.07, 6.45) is 2.75. The molecule has 2 heteroatoms. The molecular weight excluding hydrogens is 210 g/mol. The molecule has 0 amide bonds. The number of furan rings is 1. The van der Waals surface area contributed by atoms with Crippen LogP contribution in [0.1, 0.15) is 38.5 Å². The number of hydrogen-bond donors (Lipinski definition) is 1. The second kappa shape index (κ2) is 4.19. The molecular formula is C15H19NO. The van der Waals surface area contributed by atoms with Crippen molar-refractivity contribution in [3.8, 4) is 0 Å². The Hall–Kier alpha value is -1.28. The van der Waals surface area contributed by atoms with Crippen molar-refractivity contribution in [1.82, 2.24) is 5.32 Å². The van der Waals surface area contributed by atoms with Crippen LogP contribution in [0.5, 0.6) is 0 Å². The number of fused-ring (bicyclic) bond motifs is 1. The lowest BCUT2D eigenvalue weighted by Gasteiger charge is -2.17. The highest BCUT2D eigenvalue weighted by molar-refractivity contribution is 5.77. The van der Waals surface area contributed by atoms with Gasteiger partial charge in [0.25, 0.3) is 0 Å². The molecule has 0 radical (unpaired) electrons. The molecule has 90 valence electrons. The fraction of sp³-hybridized carbons (Fsp3) is 0.467. The summed E-state index contributed by atoms with van der Waals surface area (Å²) in [7, 11) is 0. The molecule has 1 fully saturated rings. The molecule has 1 saturated carbocycles. The number of benzene rings is 1. The average Bonchev–Trinajstić information content (AvgIpc) is 3.08. The lowest BCUT2D eigenvalue weighted by atomic mass is 10.1. The lowest BCUT2D eigenvalue weighted by Crippen LogP contribution is -2.30. The fourth-order valence-corrected chi connectivity index (χ4v) is 2.42. The van der Waals surface area contributed by atoms with Crippen molar-refractivity contribution in [1.29, 1.82) is 0 Å². The summed E-state index contributed by atoms with van der Waals surface area (Å²) >= 11 is 0. The van der Waals surface area contributed by atoms with Crippen molar-refractivity contribution in [2.45, 2.75) is 38.8 Å². The van der Waals surface area contributed by atoms with Crippen molar-refractivity contribution in [3.05, 3.63) is 36.1 Å². The molecule has 17 heavy (non-hydrogen) atoms. The van der Waals surface area contributed by atoms with Crippen LogP contribution in [0.15, 0.2) is 34.7 Å². The number of nitrogens with one attached hydrogen (secondary N) is 1. The molecule has 2 unspecified atom stereocenters. The number of rotatable bonds is 4. The maximum Gasteiger partial charge on any atom is 0.134 e. The highest BCUT2D eigenvalue weighted by Crippen LogP contribution is 2.33. The second-order valence-electron chi connectivity index (χ2n) is 5.20. The first-order chi connectivity index (χ1) is 8.24. The molecule has 2 atom stereocenters. The third-order valence-corrected chi connectivity index (χ3v) is 3.71. The quantitative estimate of drug-likeness (QED) is 0.860. The van der Waals surface area contributed by atoms with Crippen LogP contribution >= 0.6 is 0 Å². The second-order valence-corrected chi connectivity index (χ2v) is 5.20. The van der Waals surface area contributed by atoms with Crippen LogP contribution in [0.4, 0.5) is 0 Å². The predicted molar refractivity (Wildman–Crippen MR) is 70.0 cm³/mol. The zero-order valence-corrected chi connectivity index (χ0v) is 10.4. The van der Waals surface area contributed by atoms with E-state index in [1.165, 1.54) is 18.2 Å². The van der Waals surface area contributed by atoms with E-state index in [1.54, 1.807) is 0 Å². The Morgan fingerprint density at radius 2 is 2.00 bits per heavy atom. The molecule has 1 aromatic heterocycles. The van der Waals surface area contributed by atoms with E-state index in [0.29, 0.717) is 6.04 Å². The van der Waals surface area contributed by atoms with Gasteiger partial charge in [-0.15, -0.1) is 0 Å². The van der Waals surface area contributed by atoms with E-state index in [-0.39, 0.29) is 6.04 Å². The van der Waals surface area contributed by atoms with Gasteiger partial charge in [-0.1, -0.05) is 18.2 Å². The monoisotopic (exact) mass is 229 g/mol. The number of para-hydroxylation sites is 1. The highest BCUT2D eigenvalue weighted by Gasteiger charge is 2.29. The molecule has 1 aliphatic rings. The summed E-state index contributed by atoms with van der Waals surface area (Å²) in [6.45, 7) is 4.45. The Balaban J connectivity index is 1.77. The van der Waals surface area contributed by atoms with Gasteiger partial charge in [-0.2, -0.15) is 0 Å². The maximum absolute atomic E-state index is 5.87. The molecule has 1 aliphatic carbocycles. The Morgan fingerprint density at radius 3 is 2.71 bits per heavy atom. The summed E-state index contributed by atoms with van der Waals surface area (Å²) in [4.78, 5) is 0. The van der Waals surface area contributed by atoms with Gasteiger partial charge in [0.1, 0.15) is 11.3 Å². The third kappa shape index (κ3) is 2.22. The van der Waals surface area contributed by atoms with Crippen LogP contribution in [-0.4, -0.2) is 6.04 Å². The van der Waals surface area contributed by atoms with E-state index in [4.69, 9.17) is 4.42 Å². The third-order valence-electron chi connectivity index (χ3n) is 3.71. The highest BCUT2D eigenvalue weighted by atomic mass is 16.3. The van der Waals surface area contributed by atoms with Gasteiger partial charge < -0.3 is 9.73 Å². The van der Waals surface area contributed by atoms with Gasteiger partial charge in [0.05, 0.1) is 6.04 Å². The predicted octanol–water partition coefficient (Wildman–Crippen LogP) is 3.88. The van der Waals surface area contributed by atoms with Crippen molar-refractivity contribution >= 4 is 11.0 Å². The molecule has 0 bridgehead atoms. The van der Waals surface area contributed by atoms with Crippen LogP contribution in [-0.2, 0) is 0 Å². The van der Waals surface area contributed by atoms with Crippen molar-refractivity contribution in [2.24, 2.45) is 5.92 Å². The summed E-state index contributed by atoms with van der Waals surface area (Å²) in [5.41, 5.74) is 0.982. The normalized spacial score (nSPS) is 19.4. The van der Waals surface area contributed by atoms with Crippen molar-refractivity contribution in [2.75, 3.05) is 0 Å². The molecule has 2 nitrogen and oxygen atoms in total. The molecule has 1 aromatic carbocycles. The first-order valence-electron chi connectivity index (χ1n) is 6.48. The minimum atomic E-state index is 0.290. The van der Waals surface area contributed by atoms with Gasteiger partial charge in [-0.25, -0.2) is 0 Å². The first-order valence-corrected chi connectivity index (χ1v) is 6.48. The summed E-state index contributed by atoms with van der Waals surface area (Å²) in [6, 6.07) is 11.2. The first kappa shape index (κ1) is 10.8. The Bertz CT molecular complexity index is 479. The van der Waals surface area contributed by atoms with Crippen LogP contribution in [0, 0.1) is 5.92 Å². The van der Waals surface area contributed by atoms with Crippen molar-refractivity contribution < 1.29 is 4.42 Å². The topological polar surface area (TPSA) is 25.2 Å². The Kier molecular flexibility index (Phi) is 2.67. The zero-order chi connectivity index (χ0) is 11.8. The van der Waals surface area contributed by atoms with Crippen molar-refractivity contribution in [3.63, 3.8) is 0 Å². The van der Waals surface area contributed by atoms with E-state index in [0.717, 1.165) is 17.3 Å². The largest absolute Gasteiger partial charge is 0.459 e. The molecule has 1 N–H and O–H groups in total.